The predicted molar refractivity (Wildman–Crippen MR) is 66.1 cm³/mol. The SMILES string of the molecule is O=C(O)CCOc1[nH]o[n+](=O)c1S(=O)(=O)c1ccccc1. The van der Waals surface area contributed by atoms with E-state index in [9.17, 15) is 18.1 Å². The molecule has 2 aromatic rings. The fourth-order valence-electron chi connectivity index (χ4n) is 1.51. The van der Waals surface area contributed by atoms with E-state index in [0.717, 1.165) is 0 Å². The van der Waals surface area contributed by atoms with Gasteiger partial charge in [-0.2, -0.15) is 0 Å². The van der Waals surface area contributed by atoms with Crippen LogP contribution in [0.2, 0.25) is 0 Å². The lowest BCUT2D eigenvalue weighted by Gasteiger charge is -2.00. The van der Waals surface area contributed by atoms with Crippen LogP contribution < -0.4 is 9.34 Å². The molecule has 0 bridgehead atoms. The summed E-state index contributed by atoms with van der Waals surface area (Å²) < 4.78 is 33.7. The van der Waals surface area contributed by atoms with Gasteiger partial charge in [-0.05, 0) is 22.2 Å². The number of aromatic amines is 1. The van der Waals surface area contributed by atoms with Gasteiger partial charge in [0.2, 0.25) is 4.60 Å². The highest BCUT2D eigenvalue weighted by Crippen LogP contribution is 2.24. The zero-order chi connectivity index (χ0) is 15.5. The molecule has 9 nitrogen and oxygen atoms in total. The number of nitrogens with one attached hydrogen (secondary N) is 1. The van der Waals surface area contributed by atoms with Gasteiger partial charge in [-0.1, -0.05) is 22.8 Å². The summed E-state index contributed by atoms with van der Waals surface area (Å²) in [5, 5.41) is 9.75. The third kappa shape index (κ3) is 3.11. The van der Waals surface area contributed by atoms with Gasteiger partial charge in [0.05, 0.1) is 11.3 Å². The highest BCUT2D eigenvalue weighted by Gasteiger charge is 2.37. The Kier molecular flexibility index (Phi) is 4.08. The number of carbonyl (C=O) groups is 1. The lowest BCUT2D eigenvalue weighted by molar-refractivity contribution is -0.744. The summed E-state index contributed by atoms with van der Waals surface area (Å²) in [6, 6.07) is 7.23. The summed E-state index contributed by atoms with van der Waals surface area (Å²) >= 11 is 0. The monoisotopic (exact) mass is 315 g/mol. The lowest BCUT2D eigenvalue weighted by atomic mass is 10.4. The summed E-state index contributed by atoms with van der Waals surface area (Å²) in [5.74, 6) is -1.57. The zero-order valence-corrected chi connectivity index (χ0v) is 11.4. The summed E-state index contributed by atoms with van der Waals surface area (Å²) in [5.41, 5.74) is 0. The molecule has 0 spiro atoms. The fourth-order valence-corrected chi connectivity index (χ4v) is 2.83. The maximum atomic E-state index is 12.3. The second-order valence-electron chi connectivity index (χ2n) is 3.89. The van der Waals surface area contributed by atoms with E-state index >= 15 is 0 Å². The van der Waals surface area contributed by atoms with E-state index in [0.29, 0.717) is 0 Å². The molecule has 21 heavy (non-hydrogen) atoms. The van der Waals surface area contributed by atoms with Crippen molar-refractivity contribution in [3.8, 4) is 5.88 Å². The summed E-state index contributed by atoms with van der Waals surface area (Å²) in [4.78, 5) is 21.8. The van der Waals surface area contributed by atoms with Crippen molar-refractivity contribution >= 4 is 15.8 Å². The quantitative estimate of drug-likeness (QED) is 0.778. The number of nitrogens with zero attached hydrogens (tertiary/aromatic N) is 1. The number of H-pyrrole nitrogens is 1. The largest absolute Gasteiger partial charge is 0.481 e. The van der Waals surface area contributed by atoms with Crippen molar-refractivity contribution in [2.24, 2.45) is 0 Å². The number of hydrogen-bond donors (Lipinski definition) is 2. The predicted octanol–water partition coefficient (Wildman–Crippen LogP) is 0.208. The summed E-state index contributed by atoms with van der Waals surface area (Å²) in [6.07, 6.45) is -0.358. The molecular formula is C11H11N2O7S+. The number of benzene rings is 1. The van der Waals surface area contributed by atoms with Crippen molar-refractivity contribution in [3.63, 3.8) is 0 Å². The van der Waals surface area contributed by atoms with E-state index in [-0.39, 0.29) is 22.5 Å². The number of carboxylic acids is 1. The Morgan fingerprint density at radius 1 is 1.33 bits per heavy atom. The summed E-state index contributed by atoms with van der Waals surface area (Å²) in [7, 11) is -4.15. The molecule has 1 heterocycles. The third-order valence-corrected chi connectivity index (χ3v) is 4.19. The average molecular weight is 315 g/mol. The molecule has 1 aromatic carbocycles. The minimum absolute atomic E-state index is 0.118. The van der Waals surface area contributed by atoms with Crippen LogP contribution in [0.1, 0.15) is 6.42 Å². The van der Waals surface area contributed by atoms with Crippen molar-refractivity contribution < 1.29 is 32.3 Å². The topological polar surface area (TPSA) is 133 Å². The first kappa shape index (κ1) is 14.8. The first-order valence-corrected chi connectivity index (χ1v) is 7.20. The Morgan fingerprint density at radius 2 is 2.00 bits per heavy atom. The van der Waals surface area contributed by atoms with E-state index in [1.807, 2.05) is 5.16 Å². The van der Waals surface area contributed by atoms with Crippen LogP contribution in [0.4, 0.5) is 0 Å². The number of aromatic nitrogens is 2. The van der Waals surface area contributed by atoms with Gasteiger partial charge in [-0.25, -0.2) is 8.42 Å². The number of hydrogen-bond acceptors (Lipinski definition) is 6. The molecule has 2 rings (SSSR count). The normalized spacial score (nSPS) is 11.2. The Labute approximate surface area is 118 Å². The van der Waals surface area contributed by atoms with Gasteiger partial charge in [0.1, 0.15) is 6.61 Å². The number of rotatable bonds is 6. The molecule has 0 fully saturated rings. The lowest BCUT2D eigenvalue weighted by Crippen LogP contribution is -2.21. The van der Waals surface area contributed by atoms with Crippen LogP contribution in [0.5, 0.6) is 5.88 Å². The number of aliphatic carboxylic acids is 1. The van der Waals surface area contributed by atoms with Crippen molar-refractivity contribution in [2.75, 3.05) is 6.61 Å². The Morgan fingerprint density at radius 3 is 2.62 bits per heavy atom. The Balaban J connectivity index is 2.38. The van der Waals surface area contributed by atoms with Crippen LogP contribution in [-0.2, 0) is 14.6 Å². The maximum absolute atomic E-state index is 12.3. The van der Waals surface area contributed by atoms with Crippen LogP contribution in [-0.4, -0.2) is 31.3 Å². The maximum Gasteiger partial charge on any atom is 0.404 e. The van der Waals surface area contributed by atoms with Crippen LogP contribution in [0, 0.1) is 4.91 Å². The van der Waals surface area contributed by atoms with Gasteiger partial charge >= 0.3 is 16.9 Å². The van der Waals surface area contributed by atoms with Gasteiger partial charge in [-0.15, -0.1) is 0 Å². The van der Waals surface area contributed by atoms with Crippen LogP contribution in [0.3, 0.4) is 0 Å². The first-order chi connectivity index (χ1) is 9.93. The second-order valence-corrected chi connectivity index (χ2v) is 5.76. The van der Waals surface area contributed by atoms with Gasteiger partial charge in [0.25, 0.3) is 9.84 Å². The minimum Gasteiger partial charge on any atom is -0.481 e. The van der Waals surface area contributed by atoms with Gasteiger partial charge in [-0.3, -0.25) is 4.79 Å². The minimum atomic E-state index is -4.15. The summed E-state index contributed by atoms with van der Waals surface area (Å²) in [6.45, 7) is -0.317. The first-order valence-electron chi connectivity index (χ1n) is 5.72. The Hall–Kier alpha value is -2.62. The van der Waals surface area contributed by atoms with E-state index in [1.54, 1.807) is 6.07 Å². The Bertz CT molecular complexity index is 791. The molecule has 0 amide bonds. The zero-order valence-electron chi connectivity index (χ0n) is 10.6. The second kappa shape index (κ2) is 5.79. The molecule has 0 saturated heterocycles. The fraction of sp³-hybridized carbons (Fsp3) is 0.182. The molecule has 0 aliphatic heterocycles. The molecule has 112 valence electrons. The molecular weight excluding hydrogens is 304 g/mol. The van der Waals surface area contributed by atoms with Crippen molar-refractivity contribution in [3.05, 3.63) is 35.2 Å². The van der Waals surface area contributed by atoms with E-state index in [1.165, 1.54) is 24.3 Å². The highest BCUT2D eigenvalue weighted by molar-refractivity contribution is 7.91. The molecule has 0 saturated carbocycles. The number of carboxylic acid groups (broad SMARTS) is 1. The molecule has 0 atom stereocenters. The number of sulfone groups is 1. The van der Waals surface area contributed by atoms with Crippen LogP contribution in [0.15, 0.2) is 44.9 Å². The van der Waals surface area contributed by atoms with E-state index in [2.05, 4.69) is 4.63 Å². The molecule has 1 aromatic heterocycles. The van der Waals surface area contributed by atoms with Gasteiger partial charge < -0.3 is 9.84 Å². The van der Waals surface area contributed by atoms with E-state index in [4.69, 9.17) is 9.84 Å². The van der Waals surface area contributed by atoms with Gasteiger partial charge in [0.15, 0.2) is 0 Å². The number of ether oxygens (including phenoxy) is 1. The standard InChI is InChI=1S/C11H10N2O7S/c14-9(15)6-7-19-10-11(13(16)20-12-10)21(17,18)8-4-2-1-3-5-8/h1-5H,6-7H2,(H-,12,14,15,16)/p+1. The smallest absolute Gasteiger partial charge is 0.404 e. The molecule has 0 radical (unpaired) electrons. The van der Waals surface area contributed by atoms with Crippen molar-refractivity contribution in [1.29, 1.82) is 0 Å². The highest BCUT2D eigenvalue weighted by atomic mass is 32.2. The molecule has 0 aliphatic carbocycles. The van der Waals surface area contributed by atoms with Crippen molar-refractivity contribution in [1.82, 2.24) is 5.16 Å². The third-order valence-electron chi connectivity index (χ3n) is 2.45. The van der Waals surface area contributed by atoms with E-state index < -0.39 is 26.7 Å². The molecule has 2 N–H and O–H groups in total. The molecule has 0 aliphatic rings. The van der Waals surface area contributed by atoms with Crippen molar-refractivity contribution in [2.45, 2.75) is 16.3 Å². The molecule has 10 heteroatoms. The average Bonchev–Trinajstić information content (AvgIpc) is 2.81. The van der Waals surface area contributed by atoms with Crippen LogP contribution >= 0.6 is 0 Å². The molecule has 0 unspecified atom stereocenters. The van der Waals surface area contributed by atoms with Gasteiger partial charge in [0, 0.05) is 0 Å². The van der Waals surface area contributed by atoms with Crippen LogP contribution in [0.25, 0.3) is 0 Å².